The van der Waals surface area contributed by atoms with Crippen molar-refractivity contribution in [1.82, 2.24) is 9.80 Å². The van der Waals surface area contributed by atoms with E-state index in [-0.39, 0.29) is 0 Å². The molecule has 2 nitrogen and oxygen atoms in total. The van der Waals surface area contributed by atoms with E-state index in [2.05, 4.69) is 44.4 Å². The van der Waals surface area contributed by atoms with Crippen molar-refractivity contribution in [2.45, 2.75) is 53.1 Å². The zero-order valence-electron chi connectivity index (χ0n) is 11.7. The molecule has 0 aromatic rings. The van der Waals surface area contributed by atoms with Gasteiger partial charge in [0.2, 0.25) is 0 Å². The van der Waals surface area contributed by atoms with Crippen LogP contribution in [0.3, 0.4) is 0 Å². The Morgan fingerprint density at radius 2 is 1.62 bits per heavy atom. The maximum absolute atomic E-state index is 2.72. The largest absolute Gasteiger partial charge is 0.297 e. The highest BCUT2D eigenvalue weighted by molar-refractivity contribution is 5.00. The third-order valence-electron chi connectivity index (χ3n) is 3.74. The first-order chi connectivity index (χ1) is 7.35. The first kappa shape index (κ1) is 12.4. The molecule has 0 N–H and O–H groups in total. The second kappa shape index (κ2) is 4.30. The molecule has 2 aliphatic heterocycles. The second-order valence-electron chi connectivity index (χ2n) is 7.38. The average molecular weight is 224 g/mol. The number of hydrogen-bond donors (Lipinski definition) is 0. The first-order valence-electron chi connectivity index (χ1n) is 6.83. The molecule has 2 heterocycles. The predicted octanol–water partition coefficient (Wildman–Crippen LogP) is 2.45. The van der Waals surface area contributed by atoms with Crippen molar-refractivity contribution in [1.29, 1.82) is 0 Å². The minimum absolute atomic E-state index is 0.452. The lowest BCUT2D eigenvalue weighted by atomic mass is 9.95. The molecular formula is C14H28N2. The van der Waals surface area contributed by atoms with E-state index < -0.39 is 0 Å². The summed E-state index contributed by atoms with van der Waals surface area (Å²) >= 11 is 0. The lowest BCUT2D eigenvalue weighted by Crippen LogP contribution is -2.49. The Hall–Kier alpha value is -0.0800. The van der Waals surface area contributed by atoms with E-state index in [0.717, 1.165) is 18.0 Å². The van der Waals surface area contributed by atoms with Gasteiger partial charge in [-0.1, -0.05) is 34.6 Å². The zero-order valence-corrected chi connectivity index (χ0v) is 11.7. The van der Waals surface area contributed by atoms with Crippen LogP contribution in [0.4, 0.5) is 0 Å². The minimum atomic E-state index is 0.452. The zero-order chi connectivity index (χ0) is 11.9. The molecule has 0 aliphatic carbocycles. The number of fused-ring (bicyclic) bond motifs is 2. The molecule has 16 heavy (non-hydrogen) atoms. The monoisotopic (exact) mass is 224 g/mol. The third kappa shape index (κ3) is 2.78. The van der Waals surface area contributed by atoms with Crippen LogP contribution in [-0.4, -0.2) is 48.1 Å². The molecule has 2 bridgehead atoms. The van der Waals surface area contributed by atoms with Gasteiger partial charge >= 0.3 is 0 Å². The highest BCUT2D eigenvalue weighted by atomic mass is 15.3. The molecule has 2 rings (SSSR count). The van der Waals surface area contributed by atoms with Crippen LogP contribution in [0, 0.1) is 11.3 Å². The fourth-order valence-electron chi connectivity index (χ4n) is 3.33. The fourth-order valence-corrected chi connectivity index (χ4v) is 3.33. The van der Waals surface area contributed by atoms with Gasteiger partial charge in [-0.2, -0.15) is 0 Å². The smallest absolute Gasteiger partial charge is 0.0239 e. The van der Waals surface area contributed by atoms with Gasteiger partial charge in [-0.15, -0.1) is 0 Å². The Kier molecular flexibility index (Phi) is 3.33. The molecule has 0 spiro atoms. The molecule has 0 saturated carbocycles. The number of likely N-dealkylation sites (tertiary alicyclic amines) is 2. The van der Waals surface area contributed by atoms with Crippen LogP contribution >= 0.6 is 0 Å². The van der Waals surface area contributed by atoms with Crippen molar-refractivity contribution in [2.75, 3.05) is 26.2 Å². The van der Waals surface area contributed by atoms with Crippen LogP contribution in [0.2, 0.25) is 0 Å². The number of piperazine rings is 1. The summed E-state index contributed by atoms with van der Waals surface area (Å²) in [6.07, 6.45) is 1.42. The molecular weight excluding hydrogens is 196 g/mol. The molecule has 0 amide bonds. The van der Waals surface area contributed by atoms with Crippen LogP contribution in [0.25, 0.3) is 0 Å². The van der Waals surface area contributed by atoms with Gasteiger partial charge in [-0.3, -0.25) is 9.80 Å². The molecule has 0 aromatic carbocycles. The summed E-state index contributed by atoms with van der Waals surface area (Å²) in [4.78, 5) is 5.44. The second-order valence-corrected chi connectivity index (χ2v) is 7.38. The van der Waals surface area contributed by atoms with Crippen molar-refractivity contribution in [3.05, 3.63) is 0 Å². The van der Waals surface area contributed by atoms with E-state index in [1.807, 2.05) is 0 Å². The van der Waals surface area contributed by atoms with Crippen LogP contribution in [-0.2, 0) is 0 Å². The maximum Gasteiger partial charge on any atom is 0.0239 e. The maximum atomic E-state index is 2.72. The molecule has 2 atom stereocenters. The van der Waals surface area contributed by atoms with Crippen LogP contribution in [0.15, 0.2) is 0 Å². The van der Waals surface area contributed by atoms with Crippen molar-refractivity contribution in [3.63, 3.8) is 0 Å². The Labute approximate surface area is 101 Å². The highest BCUT2D eigenvalue weighted by Gasteiger charge is 2.43. The summed E-state index contributed by atoms with van der Waals surface area (Å²) in [6, 6.07) is 1.71. The quantitative estimate of drug-likeness (QED) is 0.726. The molecule has 0 aromatic heterocycles. The summed E-state index contributed by atoms with van der Waals surface area (Å²) < 4.78 is 0. The molecule has 2 aliphatic rings. The Bertz CT molecular complexity index is 242. The van der Waals surface area contributed by atoms with Crippen LogP contribution in [0.5, 0.6) is 0 Å². The van der Waals surface area contributed by atoms with Crippen LogP contribution < -0.4 is 0 Å². The number of nitrogens with zero attached hydrogens (tertiary/aromatic N) is 2. The van der Waals surface area contributed by atoms with Gasteiger partial charge in [0.05, 0.1) is 0 Å². The average Bonchev–Trinajstić information content (AvgIpc) is 2.58. The van der Waals surface area contributed by atoms with Crippen LogP contribution in [0.1, 0.15) is 41.0 Å². The molecule has 2 fully saturated rings. The van der Waals surface area contributed by atoms with E-state index in [1.54, 1.807) is 0 Å². The summed E-state index contributed by atoms with van der Waals surface area (Å²) in [5.41, 5.74) is 0.452. The van der Waals surface area contributed by atoms with Gasteiger partial charge in [0, 0.05) is 38.3 Å². The molecule has 0 radical (unpaired) electrons. The highest BCUT2D eigenvalue weighted by Crippen LogP contribution is 2.33. The van der Waals surface area contributed by atoms with Gasteiger partial charge in [0.15, 0.2) is 0 Å². The van der Waals surface area contributed by atoms with E-state index in [4.69, 9.17) is 0 Å². The van der Waals surface area contributed by atoms with E-state index >= 15 is 0 Å². The molecule has 0 unspecified atom stereocenters. The summed E-state index contributed by atoms with van der Waals surface area (Å²) in [6.45, 7) is 16.9. The number of hydrogen-bond acceptors (Lipinski definition) is 2. The van der Waals surface area contributed by atoms with E-state index in [9.17, 15) is 0 Å². The third-order valence-corrected chi connectivity index (χ3v) is 3.74. The topological polar surface area (TPSA) is 6.48 Å². The first-order valence-corrected chi connectivity index (χ1v) is 6.83. The molecule has 2 heteroatoms. The predicted molar refractivity (Wildman–Crippen MR) is 69.6 cm³/mol. The van der Waals surface area contributed by atoms with Crippen molar-refractivity contribution < 1.29 is 0 Å². The number of rotatable bonds is 3. The Balaban J connectivity index is 1.86. The Morgan fingerprint density at radius 3 is 2.06 bits per heavy atom. The van der Waals surface area contributed by atoms with Gasteiger partial charge in [-0.05, 0) is 17.8 Å². The lowest BCUT2D eigenvalue weighted by molar-refractivity contribution is 0.0918. The Morgan fingerprint density at radius 1 is 1.06 bits per heavy atom. The molecule has 2 saturated heterocycles. The van der Waals surface area contributed by atoms with Gasteiger partial charge in [0.1, 0.15) is 0 Å². The minimum Gasteiger partial charge on any atom is -0.297 e. The summed E-state index contributed by atoms with van der Waals surface area (Å²) in [5.74, 6) is 0.815. The van der Waals surface area contributed by atoms with E-state index in [1.165, 1.54) is 32.6 Å². The van der Waals surface area contributed by atoms with Gasteiger partial charge in [0.25, 0.3) is 0 Å². The SMILES string of the molecule is CC(C)CN1C[C@H]2C[C@@H]1CN2CC(C)(C)C. The molecule has 94 valence electrons. The van der Waals surface area contributed by atoms with Gasteiger partial charge < -0.3 is 0 Å². The fraction of sp³-hybridized carbons (Fsp3) is 1.00. The van der Waals surface area contributed by atoms with E-state index in [0.29, 0.717) is 5.41 Å². The summed E-state index contributed by atoms with van der Waals surface area (Å²) in [5, 5.41) is 0. The summed E-state index contributed by atoms with van der Waals surface area (Å²) in [7, 11) is 0. The van der Waals surface area contributed by atoms with Crippen molar-refractivity contribution in [2.24, 2.45) is 11.3 Å². The normalized spacial score (nSPS) is 31.9. The lowest BCUT2D eigenvalue weighted by Gasteiger charge is -2.38. The van der Waals surface area contributed by atoms with Gasteiger partial charge in [-0.25, -0.2) is 0 Å². The van der Waals surface area contributed by atoms with Crippen molar-refractivity contribution in [3.8, 4) is 0 Å². The standard InChI is InChI=1S/C14H28N2/c1-11(2)7-15-8-13-6-12(15)9-16(13)10-14(3,4)5/h11-13H,6-10H2,1-5H3/t12-,13-/m1/s1. The van der Waals surface area contributed by atoms with Crippen molar-refractivity contribution >= 4 is 0 Å².